The van der Waals surface area contributed by atoms with Gasteiger partial charge in [-0.15, -0.1) is 0 Å². The van der Waals surface area contributed by atoms with E-state index in [9.17, 15) is 4.79 Å². The Morgan fingerprint density at radius 1 is 1.80 bits per heavy atom. The Hall–Kier alpha value is -0.220. The van der Waals surface area contributed by atoms with Gasteiger partial charge in [-0.1, -0.05) is 12.8 Å². The molecule has 1 amide bonds. The van der Waals surface area contributed by atoms with E-state index >= 15 is 0 Å². The molecule has 3 nitrogen and oxygen atoms in total. The zero-order chi connectivity index (χ0) is 7.56. The molecule has 4 heteroatoms. The molecule has 0 saturated carbocycles. The number of hydrogen-bond donors (Lipinski definition) is 2. The summed E-state index contributed by atoms with van der Waals surface area (Å²) in [6.45, 7) is 0.816. The van der Waals surface area contributed by atoms with Gasteiger partial charge in [0.25, 0.3) is 0 Å². The minimum Gasteiger partial charge on any atom is -0.355 e. The summed E-state index contributed by atoms with van der Waals surface area (Å²) in [5, 5.41) is 2.78. The Labute approximate surface area is 66.3 Å². The SMILES string of the molecule is CN(S)C1CCCNC1=O. The Kier molecular flexibility index (Phi) is 2.56. The molecule has 0 aromatic carbocycles. The minimum absolute atomic E-state index is 0.0305. The third-order valence-corrected chi connectivity index (χ3v) is 1.99. The van der Waals surface area contributed by atoms with Gasteiger partial charge < -0.3 is 5.32 Å². The van der Waals surface area contributed by atoms with Gasteiger partial charge in [0.1, 0.15) is 0 Å². The van der Waals surface area contributed by atoms with Gasteiger partial charge in [-0.3, -0.25) is 4.79 Å². The van der Waals surface area contributed by atoms with E-state index in [1.165, 1.54) is 0 Å². The lowest BCUT2D eigenvalue weighted by Crippen LogP contribution is -2.45. The number of likely N-dealkylation sites (N-methyl/N-ethyl adjacent to an activating group) is 1. The summed E-state index contributed by atoms with van der Waals surface area (Å²) in [5.41, 5.74) is 0. The van der Waals surface area contributed by atoms with Crippen LogP contribution in [0, 0.1) is 0 Å². The van der Waals surface area contributed by atoms with Gasteiger partial charge in [0, 0.05) is 6.54 Å². The van der Waals surface area contributed by atoms with Crippen LogP contribution < -0.4 is 5.32 Å². The summed E-state index contributed by atoms with van der Waals surface area (Å²) in [6.07, 6.45) is 1.98. The first kappa shape index (κ1) is 7.88. The van der Waals surface area contributed by atoms with Crippen LogP contribution in [-0.2, 0) is 4.79 Å². The number of carbonyl (C=O) groups is 1. The Balaban J connectivity index is 2.48. The zero-order valence-electron chi connectivity index (χ0n) is 6.00. The van der Waals surface area contributed by atoms with E-state index in [1.807, 2.05) is 0 Å². The van der Waals surface area contributed by atoms with Crippen molar-refractivity contribution in [3.8, 4) is 0 Å². The van der Waals surface area contributed by atoms with E-state index in [0.717, 1.165) is 19.4 Å². The van der Waals surface area contributed by atoms with Crippen LogP contribution in [0.4, 0.5) is 0 Å². The summed E-state index contributed by atoms with van der Waals surface area (Å²) in [5.74, 6) is 0.101. The van der Waals surface area contributed by atoms with Crippen molar-refractivity contribution in [2.45, 2.75) is 18.9 Å². The molecule has 1 fully saturated rings. The molecule has 1 aliphatic rings. The first-order valence-electron chi connectivity index (χ1n) is 3.41. The van der Waals surface area contributed by atoms with E-state index in [-0.39, 0.29) is 11.9 Å². The zero-order valence-corrected chi connectivity index (χ0v) is 6.90. The highest BCUT2D eigenvalue weighted by molar-refractivity contribution is 7.77. The quantitative estimate of drug-likeness (QED) is 0.531. The maximum atomic E-state index is 11.0. The molecule has 0 spiro atoms. The van der Waals surface area contributed by atoms with E-state index in [2.05, 4.69) is 18.1 Å². The first-order valence-corrected chi connectivity index (χ1v) is 3.81. The molecule has 0 aliphatic carbocycles. The predicted molar refractivity (Wildman–Crippen MR) is 42.8 cm³/mol. The van der Waals surface area contributed by atoms with Crippen LogP contribution in [0.2, 0.25) is 0 Å². The molecular weight excluding hydrogens is 148 g/mol. The first-order chi connectivity index (χ1) is 4.72. The molecule has 1 aliphatic heterocycles. The number of thiol groups is 1. The van der Waals surface area contributed by atoms with Crippen molar-refractivity contribution in [1.29, 1.82) is 0 Å². The van der Waals surface area contributed by atoms with Crippen molar-refractivity contribution >= 4 is 18.7 Å². The number of nitrogens with zero attached hydrogens (tertiary/aromatic N) is 1. The molecule has 0 aromatic heterocycles. The van der Waals surface area contributed by atoms with Crippen molar-refractivity contribution in [2.24, 2.45) is 0 Å². The third-order valence-electron chi connectivity index (χ3n) is 1.71. The smallest absolute Gasteiger partial charge is 0.238 e. The summed E-state index contributed by atoms with van der Waals surface area (Å²) < 4.78 is 1.66. The molecule has 1 heterocycles. The van der Waals surface area contributed by atoms with Crippen molar-refractivity contribution in [3.63, 3.8) is 0 Å². The maximum Gasteiger partial charge on any atom is 0.238 e. The van der Waals surface area contributed by atoms with Crippen LogP contribution in [0.5, 0.6) is 0 Å². The maximum absolute atomic E-state index is 11.0. The van der Waals surface area contributed by atoms with Gasteiger partial charge in [-0.05, 0) is 19.9 Å². The Bertz CT molecular complexity index is 138. The molecular formula is C6H12N2OS. The highest BCUT2D eigenvalue weighted by Gasteiger charge is 2.23. The van der Waals surface area contributed by atoms with Crippen LogP contribution in [0.25, 0.3) is 0 Å². The highest BCUT2D eigenvalue weighted by atomic mass is 32.1. The Morgan fingerprint density at radius 2 is 2.50 bits per heavy atom. The topological polar surface area (TPSA) is 32.3 Å². The lowest BCUT2D eigenvalue weighted by atomic mass is 10.1. The van der Waals surface area contributed by atoms with Crippen LogP contribution in [-0.4, -0.2) is 29.8 Å². The fraction of sp³-hybridized carbons (Fsp3) is 0.833. The minimum atomic E-state index is -0.0305. The van der Waals surface area contributed by atoms with Crippen LogP contribution >= 0.6 is 12.8 Å². The second kappa shape index (κ2) is 3.25. The van der Waals surface area contributed by atoms with E-state index in [4.69, 9.17) is 0 Å². The van der Waals surface area contributed by atoms with Gasteiger partial charge in [-0.2, -0.15) is 0 Å². The van der Waals surface area contributed by atoms with Crippen molar-refractivity contribution < 1.29 is 4.79 Å². The lowest BCUT2D eigenvalue weighted by molar-refractivity contribution is -0.125. The number of carbonyl (C=O) groups excluding carboxylic acids is 1. The van der Waals surface area contributed by atoms with Crippen LogP contribution in [0.1, 0.15) is 12.8 Å². The standard InChI is InChI=1S/C6H12N2OS/c1-8(10)5-3-2-4-7-6(5)9/h5,10H,2-4H2,1H3,(H,7,9). The monoisotopic (exact) mass is 160 g/mol. The van der Waals surface area contributed by atoms with E-state index in [1.54, 1.807) is 11.4 Å². The average Bonchev–Trinajstić information content (AvgIpc) is 1.88. The van der Waals surface area contributed by atoms with Gasteiger partial charge in [0.15, 0.2) is 0 Å². The molecule has 1 rings (SSSR count). The number of hydrogen-bond acceptors (Lipinski definition) is 3. The number of amides is 1. The molecule has 0 radical (unpaired) electrons. The molecule has 1 atom stereocenters. The molecule has 58 valence electrons. The van der Waals surface area contributed by atoms with E-state index < -0.39 is 0 Å². The summed E-state index contributed by atoms with van der Waals surface area (Å²) in [7, 11) is 1.80. The van der Waals surface area contributed by atoms with Crippen molar-refractivity contribution in [2.75, 3.05) is 13.6 Å². The molecule has 1 N–H and O–H groups in total. The molecule has 1 saturated heterocycles. The fourth-order valence-electron chi connectivity index (χ4n) is 1.11. The number of piperidine rings is 1. The molecule has 10 heavy (non-hydrogen) atoms. The Morgan fingerprint density at radius 3 is 2.90 bits per heavy atom. The van der Waals surface area contributed by atoms with Crippen molar-refractivity contribution in [3.05, 3.63) is 0 Å². The number of rotatable bonds is 1. The second-order valence-corrected chi connectivity index (χ2v) is 3.15. The van der Waals surface area contributed by atoms with Gasteiger partial charge in [0.05, 0.1) is 6.04 Å². The molecule has 0 aromatic rings. The highest BCUT2D eigenvalue weighted by Crippen LogP contribution is 2.10. The summed E-state index contributed by atoms with van der Waals surface area (Å²) >= 11 is 4.07. The number of nitrogens with one attached hydrogen (secondary N) is 1. The normalized spacial score (nSPS) is 26.7. The molecule has 0 bridgehead atoms. The average molecular weight is 160 g/mol. The van der Waals surface area contributed by atoms with Crippen LogP contribution in [0.15, 0.2) is 0 Å². The molecule has 1 unspecified atom stereocenters. The van der Waals surface area contributed by atoms with Gasteiger partial charge in [-0.25, -0.2) is 4.31 Å². The van der Waals surface area contributed by atoms with Crippen molar-refractivity contribution in [1.82, 2.24) is 9.62 Å². The van der Waals surface area contributed by atoms with Gasteiger partial charge in [0.2, 0.25) is 5.91 Å². The second-order valence-electron chi connectivity index (χ2n) is 2.52. The summed E-state index contributed by atoms with van der Waals surface area (Å²) in [4.78, 5) is 11.0. The van der Waals surface area contributed by atoms with Gasteiger partial charge >= 0.3 is 0 Å². The summed E-state index contributed by atoms with van der Waals surface area (Å²) in [6, 6.07) is -0.0305. The van der Waals surface area contributed by atoms with E-state index in [0.29, 0.717) is 0 Å². The third kappa shape index (κ3) is 1.64. The largest absolute Gasteiger partial charge is 0.355 e. The van der Waals surface area contributed by atoms with Crippen LogP contribution in [0.3, 0.4) is 0 Å². The fourth-order valence-corrected chi connectivity index (χ4v) is 1.33. The predicted octanol–water partition coefficient (Wildman–Crippen LogP) is 0.0416. The lowest BCUT2D eigenvalue weighted by Gasteiger charge is -2.25.